The van der Waals surface area contributed by atoms with Crippen LogP contribution in [0.3, 0.4) is 0 Å². The van der Waals surface area contributed by atoms with Gasteiger partial charge in [0, 0.05) is 24.8 Å². The Morgan fingerprint density at radius 2 is 2.00 bits per heavy atom. The minimum atomic E-state index is -0.290. The second-order valence-electron chi connectivity index (χ2n) is 6.05. The van der Waals surface area contributed by atoms with Crippen LogP contribution >= 0.6 is 0 Å². The summed E-state index contributed by atoms with van der Waals surface area (Å²) in [4.78, 5) is 22.7. The highest BCUT2D eigenvalue weighted by Crippen LogP contribution is 2.20. The number of aromatic nitrogens is 2. The summed E-state index contributed by atoms with van der Waals surface area (Å²) in [5.41, 5.74) is 1.39. The largest absolute Gasteiger partial charge is 0.462 e. The van der Waals surface area contributed by atoms with Crippen LogP contribution in [0.2, 0.25) is 0 Å². The average Bonchev–Trinajstić information content (AvgIpc) is 2.69. The molecule has 0 unspecified atom stereocenters. The summed E-state index contributed by atoms with van der Waals surface area (Å²) in [5, 5.41) is 3.24. The van der Waals surface area contributed by atoms with Crippen LogP contribution in [-0.2, 0) is 9.47 Å². The fraction of sp³-hybridized carbons (Fsp3) is 0.421. The van der Waals surface area contributed by atoms with Gasteiger partial charge in [0.1, 0.15) is 18.0 Å². The molecule has 2 heterocycles. The second-order valence-corrected chi connectivity index (χ2v) is 6.05. The number of hydrogen-bond acceptors (Lipinski definition) is 7. The van der Waals surface area contributed by atoms with Crippen molar-refractivity contribution >= 4 is 23.3 Å². The number of carbonyl (C=O) groups is 1. The lowest BCUT2D eigenvalue weighted by molar-refractivity contribution is 0.0500. The van der Waals surface area contributed by atoms with Crippen molar-refractivity contribution in [2.45, 2.75) is 19.8 Å². The van der Waals surface area contributed by atoms with Crippen LogP contribution in [0.4, 0.5) is 17.3 Å². The van der Waals surface area contributed by atoms with Crippen LogP contribution in [0.1, 0.15) is 30.1 Å². The van der Waals surface area contributed by atoms with Gasteiger partial charge in [0.05, 0.1) is 25.4 Å². The zero-order chi connectivity index (χ0) is 18.2. The fourth-order valence-corrected chi connectivity index (χ4v) is 2.61. The molecular formula is C19H24N4O3. The number of carbonyl (C=O) groups excluding carboxylic acids is 1. The zero-order valence-corrected chi connectivity index (χ0v) is 15.0. The number of esters is 1. The normalized spacial score (nSPS) is 14.1. The van der Waals surface area contributed by atoms with Crippen molar-refractivity contribution < 1.29 is 14.3 Å². The van der Waals surface area contributed by atoms with Gasteiger partial charge in [-0.1, -0.05) is 13.3 Å². The molecule has 1 aromatic heterocycles. The second kappa shape index (κ2) is 9.15. The third kappa shape index (κ3) is 4.92. The highest BCUT2D eigenvalue weighted by Gasteiger charge is 2.13. The van der Waals surface area contributed by atoms with E-state index in [1.807, 2.05) is 18.2 Å². The molecule has 1 saturated heterocycles. The predicted molar refractivity (Wildman–Crippen MR) is 100.0 cm³/mol. The number of nitrogens with one attached hydrogen (secondary N) is 1. The van der Waals surface area contributed by atoms with Gasteiger partial charge in [-0.3, -0.25) is 0 Å². The van der Waals surface area contributed by atoms with Crippen LogP contribution in [0.25, 0.3) is 0 Å². The van der Waals surface area contributed by atoms with E-state index in [0.717, 1.165) is 37.4 Å². The molecule has 0 spiro atoms. The van der Waals surface area contributed by atoms with Crippen molar-refractivity contribution in [1.29, 1.82) is 0 Å². The lowest BCUT2D eigenvalue weighted by Crippen LogP contribution is -2.36. The Morgan fingerprint density at radius 3 is 2.73 bits per heavy atom. The lowest BCUT2D eigenvalue weighted by Gasteiger charge is -2.27. The molecule has 138 valence electrons. The molecule has 0 atom stereocenters. The van der Waals surface area contributed by atoms with Crippen molar-refractivity contribution in [3.8, 4) is 0 Å². The zero-order valence-electron chi connectivity index (χ0n) is 15.0. The van der Waals surface area contributed by atoms with Gasteiger partial charge in [-0.25, -0.2) is 14.8 Å². The van der Waals surface area contributed by atoms with E-state index in [4.69, 9.17) is 9.47 Å². The summed E-state index contributed by atoms with van der Waals surface area (Å²) in [6, 6.07) is 9.10. The Labute approximate surface area is 153 Å². The summed E-state index contributed by atoms with van der Waals surface area (Å²) < 4.78 is 10.6. The van der Waals surface area contributed by atoms with E-state index in [9.17, 15) is 4.79 Å². The number of anilines is 3. The summed E-state index contributed by atoms with van der Waals surface area (Å²) in [6.45, 7) is 5.59. The summed E-state index contributed by atoms with van der Waals surface area (Å²) in [6.07, 6.45) is 3.43. The Hall–Kier alpha value is -2.67. The van der Waals surface area contributed by atoms with Gasteiger partial charge in [-0.05, 0) is 30.7 Å². The standard InChI is InChI=1S/C19H24N4O3/c1-2-3-10-26-19(24)15-4-6-16(7-5-15)22-17-13-18(21-14-20-17)23-8-11-25-12-9-23/h4-7,13-14H,2-3,8-12H2,1H3,(H,20,21,22). The van der Waals surface area contributed by atoms with Crippen molar-refractivity contribution in [2.24, 2.45) is 0 Å². The Balaban J connectivity index is 1.61. The molecule has 0 amide bonds. The van der Waals surface area contributed by atoms with E-state index in [1.165, 1.54) is 0 Å². The van der Waals surface area contributed by atoms with Crippen molar-refractivity contribution in [2.75, 3.05) is 43.1 Å². The summed E-state index contributed by atoms with van der Waals surface area (Å²) in [5.74, 6) is 1.29. The van der Waals surface area contributed by atoms with Gasteiger partial charge in [0.25, 0.3) is 0 Å². The number of unbranched alkanes of at least 4 members (excludes halogenated alkanes) is 1. The number of benzene rings is 1. The molecule has 0 saturated carbocycles. The molecule has 1 aromatic carbocycles. The quantitative estimate of drug-likeness (QED) is 0.603. The smallest absolute Gasteiger partial charge is 0.338 e. The molecular weight excluding hydrogens is 332 g/mol. The number of morpholine rings is 1. The first-order chi connectivity index (χ1) is 12.8. The first-order valence-corrected chi connectivity index (χ1v) is 8.95. The molecule has 7 nitrogen and oxygen atoms in total. The predicted octanol–water partition coefficient (Wildman–Crippen LogP) is 3.01. The third-order valence-corrected chi connectivity index (χ3v) is 4.11. The maximum absolute atomic E-state index is 11.9. The van der Waals surface area contributed by atoms with Crippen molar-refractivity contribution in [1.82, 2.24) is 9.97 Å². The van der Waals surface area contributed by atoms with Crippen molar-refractivity contribution in [3.05, 3.63) is 42.2 Å². The lowest BCUT2D eigenvalue weighted by atomic mass is 10.2. The fourth-order valence-electron chi connectivity index (χ4n) is 2.61. The topological polar surface area (TPSA) is 76.6 Å². The van der Waals surface area contributed by atoms with Gasteiger partial charge in [-0.2, -0.15) is 0 Å². The first-order valence-electron chi connectivity index (χ1n) is 8.95. The first kappa shape index (κ1) is 18.1. The molecule has 1 N–H and O–H groups in total. The van der Waals surface area contributed by atoms with Gasteiger partial charge in [-0.15, -0.1) is 0 Å². The molecule has 1 aliphatic heterocycles. The third-order valence-electron chi connectivity index (χ3n) is 4.11. The van der Waals surface area contributed by atoms with Crippen molar-refractivity contribution in [3.63, 3.8) is 0 Å². The number of rotatable bonds is 7. The van der Waals surface area contributed by atoms with E-state index in [0.29, 0.717) is 31.2 Å². The molecule has 0 bridgehead atoms. The number of nitrogens with zero attached hydrogens (tertiary/aromatic N) is 3. The molecule has 3 rings (SSSR count). The molecule has 2 aromatic rings. The van der Waals surface area contributed by atoms with E-state index in [2.05, 4.69) is 27.1 Å². The Bertz CT molecular complexity index is 715. The van der Waals surface area contributed by atoms with Crippen LogP contribution in [0.15, 0.2) is 36.7 Å². The SMILES string of the molecule is CCCCOC(=O)c1ccc(Nc2cc(N3CCOCC3)ncn2)cc1. The summed E-state index contributed by atoms with van der Waals surface area (Å²) in [7, 11) is 0. The van der Waals surface area contributed by atoms with Gasteiger partial charge in [0.15, 0.2) is 0 Å². The molecule has 7 heteroatoms. The van der Waals surface area contributed by atoms with E-state index < -0.39 is 0 Å². The monoisotopic (exact) mass is 356 g/mol. The van der Waals surface area contributed by atoms with Gasteiger partial charge >= 0.3 is 5.97 Å². The van der Waals surface area contributed by atoms with Crippen LogP contribution in [0.5, 0.6) is 0 Å². The number of ether oxygens (including phenoxy) is 2. The molecule has 1 fully saturated rings. The summed E-state index contributed by atoms with van der Waals surface area (Å²) >= 11 is 0. The molecule has 1 aliphatic rings. The molecule has 0 aliphatic carbocycles. The van der Waals surface area contributed by atoms with E-state index >= 15 is 0 Å². The maximum atomic E-state index is 11.9. The Kier molecular flexibility index (Phi) is 6.38. The van der Waals surface area contributed by atoms with E-state index in [-0.39, 0.29) is 5.97 Å². The highest BCUT2D eigenvalue weighted by molar-refractivity contribution is 5.89. The van der Waals surface area contributed by atoms with E-state index in [1.54, 1.807) is 18.5 Å². The van der Waals surface area contributed by atoms with Crippen LogP contribution in [-0.4, -0.2) is 48.8 Å². The van der Waals surface area contributed by atoms with Crippen LogP contribution < -0.4 is 10.2 Å². The molecule has 26 heavy (non-hydrogen) atoms. The van der Waals surface area contributed by atoms with Gasteiger partial charge < -0.3 is 19.7 Å². The minimum Gasteiger partial charge on any atom is -0.462 e. The molecule has 0 radical (unpaired) electrons. The number of hydrogen-bond donors (Lipinski definition) is 1. The van der Waals surface area contributed by atoms with Crippen LogP contribution in [0, 0.1) is 0 Å². The maximum Gasteiger partial charge on any atom is 0.338 e. The Morgan fingerprint density at radius 1 is 1.23 bits per heavy atom. The average molecular weight is 356 g/mol. The highest BCUT2D eigenvalue weighted by atomic mass is 16.5. The van der Waals surface area contributed by atoms with Gasteiger partial charge in [0.2, 0.25) is 0 Å². The minimum absolute atomic E-state index is 0.290.